The van der Waals surface area contributed by atoms with Gasteiger partial charge in [-0.25, -0.2) is 24.4 Å². The van der Waals surface area contributed by atoms with Crippen molar-refractivity contribution in [1.82, 2.24) is 29.7 Å². The van der Waals surface area contributed by atoms with Crippen LogP contribution in [0.4, 0.5) is 0 Å². The summed E-state index contributed by atoms with van der Waals surface area (Å²) >= 11 is 0. The molecule has 0 unspecified atom stereocenters. The molecule has 0 radical (unpaired) electrons. The zero-order chi connectivity index (χ0) is 16.4. The van der Waals surface area contributed by atoms with E-state index in [1.165, 1.54) is 10.7 Å². The minimum atomic E-state index is -1.09. The smallest absolute Gasteiger partial charge is 0.356 e. The summed E-state index contributed by atoms with van der Waals surface area (Å²) in [5.74, 6) is -0.0127. The molecule has 3 aromatic rings. The fourth-order valence-electron chi connectivity index (χ4n) is 1.96. The van der Waals surface area contributed by atoms with Crippen molar-refractivity contribution >= 4 is 5.97 Å². The molecular weight excluding hydrogens is 296 g/mol. The number of carboxylic acid groups (broad SMARTS) is 1. The number of nitrogens with zero attached hydrogens (tertiary/aromatic N) is 6. The lowest BCUT2D eigenvalue weighted by Crippen LogP contribution is -2.07. The van der Waals surface area contributed by atoms with E-state index < -0.39 is 5.97 Å². The highest BCUT2D eigenvalue weighted by molar-refractivity contribution is 5.85. The second kappa shape index (κ2) is 5.91. The maximum absolute atomic E-state index is 11.0. The van der Waals surface area contributed by atoms with Crippen LogP contribution >= 0.6 is 0 Å². The van der Waals surface area contributed by atoms with Crippen molar-refractivity contribution in [3.8, 4) is 17.3 Å². The Labute approximate surface area is 131 Å². The van der Waals surface area contributed by atoms with Gasteiger partial charge in [-0.3, -0.25) is 4.98 Å². The highest BCUT2D eigenvalue weighted by Crippen LogP contribution is 2.19. The van der Waals surface area contributed by atoms with Crippen LogP contribution in [0.25, 0.3) is 17.3 Å². The molecule has 0 saturated heterocycles. The first kappa shape index (κ1) is 14.8. The van der Waals surface area contributed by atoms with Gasteiger partial charge in [-0.15, -0.1) is 0 Å². The Morgan fingerprint density at radius 2 is 2.09 bits per heavy atom. The molecule has 3 rings (SSSR count). The van der Waals surface area contributed by atoms with Gasteiger partial charge < -0.3 is 5.11 Å². The van der Waals surface area contributed by atoms with Crippen LogP contribution in [0, 0.1) is 0 Å². The van der Waals surface area contributed by atoms with Gasteiger partial charge in [0, 0.05) is 30.4 Å². The predicted octanol–water partition coefficient (Wildman–Crippen LogP) is 1.94. The zero-order valence-corrected chi connectivity index (χ0v) is 12.6. The Bertz CT molecular complexity index is 844. The summed E-state index contributed by atoms with van der Waals surface area (Å²) in [5, 5.41) is 13.0. The number of rotatable bonds is 4. The first-order valence-electron chi connectivity index (χ1n) is 6.99. The Kier molecular flexibility index (Phi) is 3.80. The van der Waals surface area contributed by atoms with E-state index in [1.54, 1.807) is 30.9 Å². The van der Waals surface area contributed by atoms with Crippen molar-refractivity contribution in [3.63, 3.8) is 0 Å². The highest BCUT2D eigenvalue weighted by Gasteiger charge is 2.14. The van der Waals surface area contributed by atoms with Gasteiger partial charge in [0.25, 0.3) is 0 Å². The van der Waals surface area contributed by atoms with E-state index in [0.717, 1.165) is 5.69 Å². The van der Waals surface area contributed by atoms with E-state index in [2.05, 4.69) is 25.0 Å². The molecule has 8 heteroatoms. The van der Waals surface area contributed by atoms with Gasteiger partial charge in [-0.2, -0.15) is 5.10 Å². The van der Waals surface area contributed by atoms with Crippen LogP contribution in [0.15, 0.2) is 36.9 Å². The molecule has 0 aromatic carbocycles. The van der Waals surface area contributed by atoms with E-state index in [1.807, 2.05) is 13.8 Å². The lowest BCUT2D eigenvalue weighted by atomic mass is 10.1. The van der Waals surface area contributed by atoms with Gasteiger partial charge in [0.2, 0.25) is 0 Å². The molecule has 0 amide bonds. The quantitative estimate of drug-likeness (QED) is 0.784. The molecule has 3 heterocycles. The Hall–Kier alpha value is -3.16. The van der Waals surface area contributed by atoms with Crippen molar-refractivity contribution in [3.05, 3.63) is 48.3 Å². The van der Waals surface area contributed by atoms with Crippen LogP contribution in [0.2, 0.25) is 0 Å². The second-order valence-corrected chi connectivity index (χ2v) is 5.17. The molecule has 0 saturated carbocycles. The largest absolute Gasteiger partial charge is 0.476 e. The van der Waals surface area contributed by atoms with Crippen LogP contribution < -0.4 is 0 Å². The zero-order valence-electron chi connectivity index (χ0n) is 12.6. The lowest BCUT2D eigenvalue weighted by Gasteiger charge is -2.09. The fraction of sp³-hybridized carbons (Fsp3) is 0.200. The predicted molar refractivity (Wildman–Crippen MR) is 81.2 cm³/mol. The molecular formula is C15H14N6O2. The third kappa shape index (κ3) is 3.05. The maximum atomic E-state index is 11.0. The minimum absolute atomic E-state index is 0.0456. The summed E-state index contributed by atoms with van der Waals surface area (Å²) in [7, 11) is 0. The van der Waals surface area contributed by atoms with Gasteiger partial charge in [0.1, 0.15) is 5.69 Å². The van der Waals surface area contributed by atoms with E-state index in [4.69, 9.17) is 5.11 Å². The average molecular weight is 310 g/mol. The second-order valence-electron chi connectivity index (χ2n) is 5.17. The molecule has 23 heavy (non-hydrogen) atoms. The molecule has 0 atom stereocenters. The molecule has 0 aliphatic heterocycles. The first-order chi connectivity index (χ1) is 11.0. The lowest BCUT2D eigenvalue weighted by molar-refractivity contribution is 0.0690. The molecule has 8 nitrogen and oxygen atoms in total. The van der Waals surface area contributed by atoms with Crippen molar-refractivity contribution in [2.45, 2.75) is 19.8 Å². The number of aromatic carboxylic acids is 1. The van der Waals surface area contributed by atoms with E-state index in [-0.39, 0.29) is 11.6 Å². The Morgan fingerprint density at radius 3 is 2.70 bits per heavy atom. The number of hydrogen-bond donors (Lipinski definition) is 1. The van der Waals surface area contributed by atoms with E-state index in [9.17, 15) is 4.79 Å². The van der Waals surface area contributed by atoms with Crippen molar-refractivity contribution in [2.24, 2.45) is 0 Å². The van der Waals surface area contributed by atoms with Crippen LogP contribution in [0.5, 0.6) is 0 Å². The summed E-state index contributed by atoms with van der Waals surface area (Å²) in [6.45, 7) is 4.02. The molecule has 0 aliphatic carbocycles. The van der Waals surface area contributed by atoms with Crippen molar-refractivity contribution in [2.75, 3.05) is 0 Å². The number of carbonyl (C=O) groups is 1. The Balaban J connectivity index is 2.12. The SMILES string of the molecule is CC(C)c1cc(-n2ccc(C(=O)O)n2)nc(-c2cnccn2)n1. The molecule has 0 fully saturated rings. The van der Waals surface area contributed by atoms with Gasteiger partial charge in [-0.05, 0) is 12.0 Å². The van der Waals surface area contributed by atoms with Crippen LogP contribution in [-0.2, 0) is 0 Å². The standard InChI is InChI=1S/C15H14N6O2/c1-9(2)11-7-13(21-6-3-10(20-21)15(22)23)19-14(18-11)12-8-16-4-5-17-12/h3-9H,1-2H3,(H,22,23). The van der Waals surface area contributed by atoms with Crippen LogP contribution in [0.1, 0.15) is 35.9 Å². The summed E-state index contributed by atoms with van der Waals surface area (Å²) in [4.78, 5) is 28.1. The maximum Gasteiger partial charge on any atom is 0.356 e. The van der Waals surface area contributed by atoms with Crippen LogP contribution in [0.3, 0.4) is 0 Å². The van der Waals surface area contributed by atoms with Crippen molar-refractivity contribution < 1.29 is 9.90 Å². The minimum Gasteiger partial charge on any atom is -0.476 e. The summed E-state index contributed by atoms with van der Waals surface area (Å²) in [6.07, 6.45) is 6.27. The summed E-state index contributed by atoms with van der Waals surface area (Å²) < 4.78 is 1.41. The van der Waals surface area contributed by atoms with Crippen molar-refractivity contribution in [1.29, 1.82) is 0 Å². The third-order valence-electron chi connectivity index (χ3n) is 3.16. The first-order valence-corrected chi connectivity index (χ1v) is 6.99. The van der Waals surface area contributed by atoms with E-state index >= 15 is 0 Å². The molecule has 1 N–H and O–H groups in total. The highest BCUT2D eigenvalue weighted by atomic mass is 16.4. The number of aromatic nitrogens is 6. The molecule has 0 aliphatic rings. The molecule has 0 bridgehead atoms. The third-order valence-corrected chi connectivity index (χ3v) is 3.16. The number of carboxylic acids is 1. The fourth-order valence-corrected chi connectivity index (χ4v) is 1.96. The molecule has 116 valence electrons. The van der Waals surface area contributed by atoms with Crippen LogP contribution in [-0.4, -0.2) is 40.8 Å². The Morgan fingerprint density at radius 1 is 1.26 bits per heavy atom. The summed E-state index contributed by atoms with van der Waals surface area (Å²) in [6, 6.07) is 3.20. The molecule has 3 aromatic heterocycles. The van der Waals surface area contributed by atoms with E-state index in [0.29, 0.717) is 17.3 Å². The molecule has 0 spiro atoms. The summed E-state index contributed by atoms with van der Waals surface area (Å²) in [5.41, 5.74) is 1.31. The average Bonchev–Trinajstić information content (AvgIpc) is 3.05. The normalized spacial score (nSPS) is 10.9. The number of hydrogen-bond acceptors (Lipinski definition) is 6. The topological polar surface area (TPSA) is 107 Å². The monoisotopic (exact) mass is 310 g/mol. The van der Waals surface area contributed by atoms with Gasteiger partial charge in [0.05, 0.1) is 6.20 Å². The van der Waals surface area contributed by atoms with Gasteiger partial charge in [-0.1, -0.05) is 13.8 Å². The van der Waals surface area contributed by atoms with Gasteiger partial charge in [0.15, 0.2) is 17.3 Å². The van der Waals surface area contributed by atoms with Gasteiger partial charge >= 0.3 is 5.97 Å².